The van der Waals surface area contributed by atoms with Crippen molar-refractivity contribution in [2.45, 2.75) is 19.3 Å². The average Bonchev–Trinajstić information content (AvgIpc) is 1.80. The summed E-state index contributed by atoms with van der Waals surface area (Å²) < 4.78 is 49.7. The van der Waals surface area contributed by atoms with E-state index in [1.165, 1.54) is 0 Å². The fraction of sp³-hybridized carbons (Fsp3) is 0.800. The molecule has 0 bridgehead atoms. The lowest BCUT2D eigenvalue weighted by Crippen LogP contribution is -2.29. The summed E-state index contributed by atoms with van der Waals surface area (Å²) in [5.74, 6) is -0.933. The first-order valence-electron chi connectivity index (χ1n) is 2.68. The molecule has 1 unspecified atom stereocenters. The van der Waals surface area contributed by atoms with Crippen LogP contribution >= 0.6 is 0 Å². The van der Waals surface area contributed by atoms with Gasteiger partial charge in [0.2, 0.25) is 6.17 Å². The number of rotatable bonds is 2. The van der Waals surface area contributed by atoms with Crippen molar-refractivity contribution in [3.05, 3.63) is 0 Å². The van der Waals surface area contributed by atoms with Crippen LogP contribution in [-0.4, -0.2) is 24.9 Å². The standard InChI is InChI=1S/C5H6F4O2/c1-3(10)11-2-4(6)5(7,8)9/h4H,2H2,1H3. The van der Waals surface area contributed by atoms with Crippen molar-refractivity contribution in [1.29, 1.82) is 0 Å². The summed E-state index contributed by atoms with van der Waals surface area (Å²) in [6.07, 6.45) is -8.04. The van der Waals surface area contributed by atoms with E-state index in [-0.39, 0.29) is 0 Å². The Labute approximate surface area is 60.1 Å². The van der Waals surface area contributed by atoms with Crippen LogP contribution < -0.4 is 0 Å². The fourth-order valence-corrected chi connectivity index (χ4v) is 0.285. The van der Waals surface area contributed by atoms with E-state index in [9.17, 15) is 22.4 Å². The van der Waals surface area contributed by atoms with E-state index >= 15 is 0 Å². The second-order valence-electron chi connectivity index (χ2n) is 1.81. The Morgan fingerprint density at radius 2 is 2.00 bits per heavy atom. The van der Waals surface area contributed by atoms with Crippen molar-refractivity contribution in [3.63, 3.8) is 0 Å². The lowest BCUT2D eigenvalue weighted by Gasteiger charge is -2.10. The van der Waals surface area contributed by atoms with Gasteiger partial charge >= 0.3 is 12.1 Å². The maximum absolute atomic E-state index is 11.9. The first-order chi connectivity index (χ1) is 4.84. The Morgan fingerprint density at radius 1 is 1.55 bits per heavy atom. The molecule has 0 amide bonds. The largest absolute Gasteiger partial charge is 0.462 e. The Kier molecular flexibility index (Phi) is 3.28. The van der Waals surface area contributed by atoms with E-state index in [1.807, 2.05) is 0 Å². The molecule has 0 spiro atoms. The van der Waals surface area contributed by atoms with Gasteiger partial charge in [0.05, 0.1) is 0 Å². The van der Waals surface area contributed by atoms with E-state index in [0.29, 0.717) is 0 Å². The maximum Gasteiger partial charge on any atom is 0.423 e. The van der Waals surface area contributed by atoms with E-state index < -0.39 is 24.9 Å². The topological polar surface area (TPSA) is 26.3 Å². The van der Waals surface area contributed by atoms with Gasteiger partial charge in [-0.3, -0.25) is 4.79 Å². The van der Waals surface area contributed by atoms with Crippen LogP contribution in [0.1, 0.15) is 6.92 Å². The van der Waals surface area contributed by atoms with Gasteiger partial charge in [-0.15, -0.1) is 0 Å². The third-order valence-electron chi connectivity index (χ3n) is 0.788. The highest BCUT2D eigenvalue weighted by Gasteiger charge is 2.40. The first kappa shape index (κ1) is 10.2. The zero-order valence-corrected chi connectivity index (χ0v) is 5.61. The van der Waals surface area contributed by atoms with Crippen molar-refractivity contribution < 1.29 is 27.1 Å². The van der Waals surface area contributed by atoms with Gasteiger partial charge < -0.3 is 4.74 Å². The number of carbonyl (C=O) groups excluding carboxylic acids is 1. The SMILES string of the molecule is CC(=O)OCC(F)C(F)(F)F. The molecule has 0 aromatic heterocycles. The number of carbonyl (C=O) groups is 1. The molecule has 11 heavy (non-hydrogen) atoms. The minimum absolute atomic E-state index is 0.906. The van der Waals surface area contributed by atoms with Crippen LogP contribution in [0, 0.1) is 0 Å². The summed E-state index contributed by atoms with van der Waals surface area (Å²) in [6, 6.07) is 0. The predicted octanol–water partition coefficient (Wildman–Crippen LogP) is 1.45. The summed E-state index contributed by atoms with van der Waals surface area (Å²) in [6.45, 7) is -0.359. The number of esters is 1. The van der Waals surface area contributed by atoms with Gasteiger partial charge in [0.1, 0.15) is 6.61 Å². The van der Waals surface area contributed by atoms with Crippen molar-refractivity contribution in [3.8, 4) is 0 Å². The molecule has 0 saturated heterocycles. The summed E-state index contributed by atoms with van der Waals surface area (Å²) in [7, 11) is 0. The van der Waals surface area contributed by atoms with Crippen molar-refractivity contribution in [2.75, 3.05) is 6.61 Å². The van der Waals surface area contributed by atoms with E-state index in [2.05, 4.69) is 4.74 Å². The number of alkyl halides is 4. The molecule has 0 fully saturated rings. The number of hydrogen-bond donors (Lipinski definition) is 0. The van der Waals surface area contributed by atoms with Gasteiger partial charge in [-0.2, -0.15) is 13.2 Å². The number of hydrogen-bond acceptors (Lipinski definition) is 2. The van der Waals surface area contributed by atoms with Gasteiger partial charge in [0.15, 0.2) is 0 Å². The van der Waals surface area contributed by atoms with Gasteiger partial charge in [-0.05, 0) is 0 Å². The number of halogens is 4. The molecule has 6 heteroatoms. The van der Waals surface area contributed by atoms with Crippen LogP contribution in [0.3, 0.4) is 0 Å². The molecule has 0 rings (SSSR count). The lowest BCUT2D eigenvalue weighted by molar-refractivity contribution is -0.195. The highest BCUT2D eigenvalue weighted by Crippen LogP contribution is 2.22. The maximum atomic E-state index is 11.9. The summed E-state index contributed by atoms with van der Waals surface area (Å²) >= 11 is 0. The third-order valence-corrected chi connectivity index (χ3v) is 0.788. The van der Waals surface area contributed by atoms with Crippen molar-refractivity contribution in [2.24, 2.45) is 0 Å². The van der Waals surface area contributed by atoms with E-state index in [0.717, 1.165) is 6.92 Å². The monoisotopic (exact) mass is 174 g/mol. The molecule has 0 aromatic rings. The minimum atomic E-state index is -4.95. The van der Waals surface area contributed by atoms with Crippen molar-refractivity contribution >= 4 is 5.97 Å². The van der Waals surface area contributed by atoms with Gasteiger partial charge in [0.25, 0.3) is 0 Å². The van der Waals surface area contributed by atoms with Crippen LogP contribution in [0.2, 0.25) is 0 Å². The molecular weight excluding hydrogens is 168 g/mol. The molecule has 0 heterocycles. The zero-order chi connectivity index (χ0) is 9.07. The zero-order valence-electron chi connectivity index (χ0n) is 5.61. The molecule has 0 aromatic carbocycles. The molecule has 66 valence electrons. The minimum Gasteiger partial charge on any atom is -0.462 e. The second kappa shape index (κ2) is 3.54. The molecule has 0 aliphatic rings. The van der Waals surface area contributed by atoms with Crippen LogP contribution in [-0.2, 0) is 9.53 Å². The van der Waals surface area contributed by atoms with Gasteiger partial charge in [-0.1, -0.05) is 0 Å². The Balaban J connectivity index is 3.70. The summed E-state index contributed by atoms with van der Waals surface area (Å²) in [5.41, 5.74) is 0. The predicted molar refractivity (Wildman–Crippen MR) is 27.6 cm³/mol. The van der Waals surface area contributed by atoms with Crippen LogP contribution in [0.15, 0.2) is 0 Å². The molecular formula is C5H6F4O2. The second-order valence-corrected chi connectivity index (χ2v) is 1.81. The fourth-order valence-electron chi connectivity index (χ4n) is 0.285. The first-order valence-corrected chi connectivity index (χ1v) is 2.68. The molecule has 0 aliphatic carbocycles. The quantitative estimate of drug-likeness (QED) is 0.467. The molecule has 0 radical (unpaired) electrons. The van der Waals surface area contributed by atoms with Gasteiger partial charge in [0, 0.05) is 6.92 Å². The Bertz CT molecular complexity index is 142. The normalized spacial score (nSPS) is 14.3. The van der Waals surface area contributed by atoms with Gasteiger partial charge in [-0.25, -0.2) is 4.39 Å². The summed E-state index contributed by atoms with van der Waals surface area (Å²) in [4.78, 5) is 9.92. The molecule has 1 atom stereocenters. The van der Waals surface area contributed by atoms with E-state index in [1.54, 1.807) is 0 Å². The average molecular weight is 174 g/mol. The molecule has 0 saturated carbocycles. The van der Waals surface area contributed by atoms with E-state index in [4.69, 9.17) is 0 Å². The highest BCUT2D eigenvalue weighted by molar-refractivity contribution is 5.65. The highest BCUT2D eigenvalue weighted by atomic mass is 19.4. The summed E-state index contributed by atoms with van der Waals surface area (Å²) in [5, 5.41) is 0. The number of ether oxygens (including phenoxy) is 1. The molecule has 0 aliphatic heterocycles. The Morgan fingerprint density at radius 3 is 2.27 bits per heavy atom. The van der Waals surface area contributed by atoms with Crippen molar-refractivity contribution in [1.82, 2.24) is 0 Å². The van der Waals surface area contributed by atoms with Crippen LogP contribution in [0.25, 0.3) is 0 Å². The molecule has 0 N–H and O–H groups in total. The Hall–Kier alpha value is -0.810. The lowest BCUT2D eigenvalue weighted by atomic mass is 10.4. The third kappa shape index (κ3) is 4.58. The van der Waals surface area contributed by atoms with Crippen LogP contribution in [0.5, 0.6) is 0 Å². The molecule has 2 nitrogen and oxygen atoms in total. The smallest absolute Gasteiger partial charge is 0.423 e. The van der Waals surface area contributed by atoms with Crippen LogP contribution in [0.4, 0.5) is 17.6 Å².